The van der Waals surface area contributed by atoms with Crippen molar-refractivity contribution in [2.75, 3.05) is 19.0 Å². The summed E-state index contributed by atoms with van der Waals surface area (Å²) in [6, 6.07) is 7.80. The summed E-state index contributed by atoms with van der Waals surface area (Å²) in [5.41, 5.74) is 1.63. The van der Waals surface area contributed by atoms with Gasteiger partial charge in [0.15, 0.2) is 0 Å². The van der Waals surface area contributed by atoms with Crippen molar-refractivity contribution in [2.24, 2.45) is 0 Å². The molecular weight excluding hydrogens is 344 g/mol. The lowest BCUT2D eigenvalue weighted by Crippen LogP contribution is -2.37. The second-order valence-electron chi connectivity index (χ2n) is 5.22. The van der Waals surface area contributed by atoms with Crippen molar-refractivity contribution in [2.45, 2.75) is 13.0 Å². The molecule has 0 fully saturated rings. The highest BCUT2D eigenvalue weighted by Gasteiger charge is 2.17. The van der Waals surface area contributed by atoms with Gasteiger partial charge in [-0.15, -0.1) is 11.3 Å². The summed E-state index contributed by atoms with van der Waals surface area (Å²) < 4.78 is 4.58. The van der Waals surface area contributed by atoms with Crippen LogP contribution in [0.2, 0.25) is 0 Å². The van der Waals surface area contributed by atoms with E-state index in [1.54, 1.807) is 0 Å². The van der Waals surface area contributed by atoms with Gasteiger partial charge in [-0.25, -0.2) is 4.79 Å². The van der Waals surface area contributed by atoms with Crippen LogP contribution in [0.4, 0.5) is 5.69 Å². The summed E-state index contributed by atoms with van der Waals surface area (Å²) >= 11 is 1.39. The van der Waals surface area contributed by atoms with Crippen LogP contribution in [0.3, 0.4) is 0 Å². The Kier molecular flexibility index (Phi) is 6.26. The molecule has 132 valence electrons. The maximum atomic E-state index is 11.9. The average molecular weight is 362 g/mol. The molecule has 0 saturated carbocycles. The van der Waals surface area contributed by atoms with Gasteiger partial charge in [0, 0.05) is 17.1 Å². The minimum absolute atomic E-state index is 0.0606. The normalized spacial score (nSPS) is 11.5. The van der Waals surface area contributed by atoms with E-state index in [1.165, 1.54) is 42.7 Å². The molecule has 2 rings (SSSR count). The number of benzene rings is 1. The van der Waals surface area contributed by atoms with Crippen molar-refractivity contribution in [3.63, 3.8) is 0 Å². The molecule has 1 atom stereocenters. The highest BCUT2D eigenvalue weighted by Crippen LogP contribution is 2.23. The zero-order chi connectivity index (χ0) is 18.4. The van der Waals surface area contributed by atoms with Gasteiger partial charge in [0.05, 0.1) is 12.7 Å². The third-order valence-electron chi connectivity index (χ3n) is 3.43. The second kappa shape index (κ2) is 8.41. The van der Waals surface area contributed by atoms with Crippen molar-refractivity contribution >= 4 is 34.8 Å². The number of rotatable bonds is 5. The van der Waals surface area contributed by atoms with E-state index in [9.17, 15) is 19.5 Å². The summed E-state index contributed by atoms with van der Waals surface area (Å²) in [7, 11) is 1.27. The van der Waals surface area contributed by atoms with Gasteiger partial charge >= 0.3 is 17.8 Å². The van der Waals surface area contributed by atoms with Gasteiger partial charge < -0.3 is 20.5 Å². The van der Waals surface area contributed by atoms with Gasteiger partial charge in [0.25, 0.3) is 0 Å². The molecule has 0 aliphatic carbocycles. The van der Waals surface area contributed by atoms with Crippen LogP contribution in [-0.2, 0) is 14.3 Å². The average Bonchev–Trinajstić information content (AvgIpc) is 3.05. The maximum Gasteiger partial charge on any atom is 0.337 e. The van der Waals surface area contributed by atoms with Crippen molar-refractivity contribution in [1.29, 1.82) is 0 Å². The van der Waals surface area contributed by atoms with Gasteiger partial charge in [-0.1, -0.05) is 0 Å². The highest BCUT2D eigenvalue weighted by molar-refractivity contribution is 7.10. The number of ether oxygens (including phenoxy) is 1. The Morgan fingerprint density at radius 1 is 1.16 bits per heavy atom. The van der Waals surface area contributed by atoms with E-state index < -0.39 is 23.9 Å². The van der Waals surface area contributed by atoms with Crippen molar-refractivity contribution in [1.82, 2.24) is 5.32 Å². The summed E-state index contributed by atoms with van der Waals surface area (Å²) in [4.78, 5) is 35.8. The number of anilines is 1. The Labute approximate surface area is 148 Å². The molecule has 0 spiro atoms. The summed E-state index contributed by atoms with van der Waals surface area (Å²) in [6.07, 6.45) is -0.865. The summed E-state index contributed by atoms with van der Waals surface area (Å²) in [6.45, 7) is 1.80. The molecule has 1 heterocycles. The highest BCUT2D eigenvalue weighted by atomic mass is 32.1. The lowest BCUT2D eigenvalue weighted by molar-refractivity contribution is -0.136. The van der Waals surface area contributed by atoms with Crippen LogP contribution in [-0.4, -0.2) is 36.5 Å². The SMILES string of the molecule is COC(=O)c1ccc(NC(=O)C(=O)NC[C@@H](O)c2sccc2C)cc1. The van der Waals surface area contributed by atoms with Gasteiger partial charge in [-0.3, -0.25) is 9.59 Å². The van der Waals surface area contributed by atoms with E-state index >= 15 is 0 Å². The molecule has 3 N–H and O–H groups in total. The minimum Gasteiger partial charge on any atom is -0.465 e. The van der Waals surface area contributed by atoms with Crippen LogP contribution < -0.4 is 10.6 Å². The third kappa shape index (κ3) is 4.88. The number of nitrogens with one attached hydrogen (secondary N) is 2. The van der Waals surface area contributed by atoms with E-state index in [2.05, 4.69) is 15.4 Å². The van der Waals surface area contributed by atoms with E-state index in [0.29, 0.717) is 11.3 Å². The van der Waals surface area contributed by atoms with Crippen molar-refractivity contribution in [3.05, 3.63) is 51.7 Å². The smallest absolute Gasteiger partial charge is 0.337 e. The predicted octanol–water partition coefficient (Wildman–Crippen LogP) is 1.63. The topological polar surface area (TPSA) is 105 Å². The molecule has 0 unspecified atom stereocenters. The maximum absolute atomic E-state index is 11.9. The molecule has 7 nitrogen and oxygen atoms in total. The Morgan fingerprint density at radius 3 is 2.40 bits per heavy atom. The lowest BCUT2D eigenvalue weighted by Gasteiger charge is -2.11. The number of hydrogen-bond acceptors (Lipinski definition) is 6. The number of esters is 1. The molecule has 25 heavy (non-hydrogen) atoms. The standard InChI is InChI=1S/C17H18N2O5S/c1-10-7-8-25-14(10)13(20)9-18-15(21)16(22)19-12-5-3-11(4-6-12)17(23)24-2/h3-8,13,20H,9H2,1-2H3,(H,18,21)(H,19,22)/t13-/m1/s1. The van der Waals surface area contributed by atoms with Crippen molar-refractivity contribution < 1.29 is 24.2 Å². The predicted molar refractivity (Wildman–Crippen MR) is 93.4 cm³/mol. The van der Waals surface area contributed by atoms with Crippen LogP contribution in [0.25, 0.3) is 0 Å². The fraction of sp³-hybridized carbons (Fsp3) is 0.235. The molecule has 2 aromatic rings. The van der Waals surface area contributed by atoms with Crippen LogP contribution in [0.5, 0.6) is 0 Å². The van der Waals surface area contributed by atoms with Crippen LogP contribution in [0, 0.1) is 6.92 Å². The van der Waals surface area contributed by atoms with Gasteiger partial charge in [0.2, 0.25) is 0 Å². The Balaban J connectivity index is 1.87. The molecule has 1 aromatic heterocycles. The zero-order valence-corrected chi connectivity index (χ0v) is 14.6. The number of aliphatic hydroxyl groups excluding tert-OH is 1. The quantitative estimate of drug-likeness (QED) is 0.554. The van der Waals surface area contributed by atoms with Crippen molar-refractivity contribution in [3.8, 4) is 0 Å². The molecule has 0 aliphatic heterocycles. The molecule has 0 radical (unpaired) electrons. The van der Waals surface area contributed by atoms with E-state index in [4.69, 9.17) is 0 Å². The fourth-order valence-electron chi connectivity index (χ4n) is 2.08. The van der Waals surface area contributed by atoms with E-state index in [1.807, 2.05) is 18.4 Å². The van der Waals surface area contributed by atoms with Crippen LogP contribution >= 0.6 is 11.3 Å². The minimum atomic E-state index is -0.865. The molecule has 8 heteroatoms. The number of amides is 2. The summed E-state index contributed by atoms with van der Waals surface area (Å²) in [5, 5.41) is 16.7. The molecule has 0 aliphatic rings. The Hall–Kier alpha value is -2.71. The van der Waals surface area contributed by atoms with E-state index in [0.717, 1.165) is 10.4 Å². The van der Waals surface area contributed by atoms with Gasteiger partial charge in [-0.05, 0) is 48.2 Å². The number of hydrogen-bond donors (Lipinski definition) is 3. The van der Waals surface area contributed by atoms with Gasteiger partial charge in [-0.2, -0.15) is 0 Å². The molecular formula is C17H18N2O5S. The third-order valence-corrected chi connectivity index (χ3v) is 4.55. The van der Waals surface area contributed by atoms with Crippen LogP contribution in [0.15, 0.2) is 35.7 Å². The first-order valence-electron chi connectivity index (χ1n) is 7.42. The molecule has 1 aromatic carbocycles. The molecule has 0 bridgehead atoms. The number of aryl methyl sites for hydroxylation is 1. The Morgan fingerprint density at radius 2 is 1.84 bits per heavy atom. The molecule has 2 amide bonds. The fourth-order valence-corrected chi connectivity index (χ4v) is 3.00. The first-order valence-corrected chi connectivity index (χ1v) is 8.30. The number of aliphatic hydroxyl groups is 1. The number of methoxy groups -OCH3 is 1. The summed E-state index contributed by atoms with van der Waals surface area (Å²) in [5.74, 6) is -2.21. The van der Waals surface area contributed by atoms with E-state index in [-0.39, 0.29) is 6.54 Å². The largest absolute Gasteiger partial charge is 0.465 e. The van der Waals surface area contributed by atoms with Crippen LogP contribution in [0.1, 0.15) is 26.9 Å². The lowest BCUT2D eigenvalue weighted by atomic mass is 10.2. The molecule has 0 saturated heterocycles. The number of carbonyl (C=O) groups is 3. The monoisotopic (exact) mass is 362 g/mol. The Bertz CT molecular complexity index is 770. The number of carbonyl (C=O) groups excluding carboxylic acids is 3. The number of thiophene rings is 1. The second-order valence-corrected chi connectivity index (χ2v) is 6.16. The first kappa shape index (κ1) is 18.6. The zero-order valence-electron chi connectivity index (χ0n) is 13.7. The first-order chi connectivity index (χ1) is 11.9. The van der Waals surface area contributed by atoms with Gasteiger partial charge in [0.1, 0.15) is 6.10 Å².